The summed E-state index contributed by atoms with van der Waals surface area (Å²) < 4.78 is 0. The van der Waals surface area contributed by atoms with Crippen molar-refractivity contribution in [1.82, 2.24) is 5.32 Å². The van der Waals surface area contributed by atoms with Gasteiger partial charge < -0.3 is 5.32 Å². The van der Waals surface area contributed by atoms with E-state index in [-0.39, 0.29) is 22.8 Å². The predicted octanol–water partition coefficient (Wildman–Crippen LogP) is 2.20. The van der Waals surface area contributed by atoms with Gasteiger partial charge in [-0.15, -0.1) is 6.42 Å². The average molecular weight is 195 g/mol. The molecule has 0 heterocycles. The third kappa shape index (κ3) is 3.41. The van der Waals surface area contributed by atoms with Crippen molar-refractivity contribution in [3.8, 4) is 12.3 Å². The van der Waals surface area contributed by atoms with Crippen LogP contribution in [0.25, 0.3) is 0 Å². The first kappa shape index (κ1) is 13.0. The minimum Gasteiger partial charge on any atom is -0.352 e. The molecule has 1 atom stereocenters. The van der Waals surface area contributed by atoms with Crippen LogP contribution in [0.1, 0.15) is 41.5 Å². The quantitative estimate of drug-likeness (QED) is 0.672. The molecule has 2 heteroatoms. The molecule has 14 heavy (non-hydrogen) atoms. The Hall–Kier alpha value is -0.970. The van der Waals surface area contributed by atoms with Crippen molar-refractivity contribution in [3.05, 3.63) is 0 Å². The molecule has 80 valence electrons. The zero-order valence-electron chi connectivity index (χ0n) is 10.1. The summed E-state index contributed by atoms with van der Waals surface area (Å²) in [6, 6.07) is -0.0162. The maximum absolute atomic E-state index is 11.1. The van der Waals surface area contributed by atoms with Crippen molar-refractivity contribution < 1.29 is 4.79 Å². The molecule has 0 fully saturated rings. The van der Waals surface area contributed by atoms with E-state index in [2.05, 4.69) is 32.0 Å². The van der Waals surface area contributed by atoms with Gasteiger partial charge in [0.05, 0.1) is 0 Å². The second-order valence-corrected chi connectivity index (χ2v) is 5.37. The smallest absolute Gasteiger partial charge is 0.217 e. The summed E-state index contributed by atoms with van der Waals surface area (Å²) in [5.41, 5.74) is -0.370. The van der Waals surface area contributed by atoms with Gasteiger partial charge >= 0.3 is 0 Å². The van der Waals surface area contributed by atoms with Crippen molar-refractivity contribution in [2.45, 2.75) is 47.6 Å². The van der Waals surface area contributed by atoms with Gasteiger partial charge in [0.1, 0.15) is 0 Å². The zero-order valence-corrected chi connectivity index (χ0v) is 10.1. The summed E-state index contributed by atoms with van der Waals surface area (Å²) in [4.78, 5) is 11.1. The molecule has 1 N–H and O–H groups in total. The number of nitrogens with one attached hydrogen (secondary N) is 1. The molecule has 0 aromatic rings. The van der Waals surface area contributed by atoms with Gasteiger partial charge in [0.15, 0.2) is 0 Å². The van der Waals surface area contributed by atoms with Gasteiger partial charge in [0, 0.05) is 18.4 Å². The largest absolute Gasteiger partial charge is 0.352 e. The zero-order chi connectivity index (χ0) is 11.6. The van der Waals surface area contributed by atoms with E-state index in [1.807, 2.05) is 13.8 Å². The number of rotatable bonds is 2. The highest BCUT2D eigenvalue weighted by Gasteiger charge is 2.37. The summed E-state index contributed by atoms with van der Waals surface area (Å²) >= 11 is 0. The van der Waals surface area contributed by atoms with Gasteiger partial charge in [-0.1, -0.05) is 26.7 Å². The Balaban J connectivity index is 4.94. The van der Waals surface area contributed by atoms with Gasteiger partial charge in [-0.05, 0) is 19.3 Å². The van der Waals surface area contributed by atoms with Crippen molar-refractivity contribution in [3.63, 3.8) is 0 Å². The molecule has 0 spiro atoms. The Kier molecular flexibility index (Phi) is 3.76. The fourth-order valence-corrected chi connectivity index (χ4v) is 1.77. The Morgan fingerprint density at radius 1 is 1.29 bits per heavy atom. The van der Waals surface area contributed by atoms with Crippen LogP contribution < -0.4 is 5.32 Å². The van der Waals surface area contributed by atoms with Crippen LogP contribution in [0.4, 0.5) is 0 Å². The molecular formula is C12H21NO. The highest BCUT2D eigenvalue weighted by Crippen LogP contribution is 2.33. The topological polar surface area (TPSA) is 29.1 Å². The summed E-state index contributed by atoms with van der Waals surface area (Å²) in [6.07, 6.45) is 5.48. The lowest BCUT2D eigenvalue weighted by molar-refractivity contribution is -0.121. The lowest BCUT2D eigenvalue weighted by Gasteiger charge is -2.40. The van der Waals surface area contributed by atoms with Crippen LogP contribution in [0.2, 0.25) is 0 Å². The monoisotopic (exact) mass is 195 g/mol. The van der Waals surface area contributed by atoms with Gasteiger partial charge in [0.25, 0.3) is 0 Å². The number of terminal acetylenes is 1. The summed E-state index contributed by atoms with van der Waals surface area (Å²) in [7, 11) is 0. The predicted molar refractivity (Wildman–Crippen MR) is 59.7 cm³/mol. The molecule has 0 saturated heterocycles. The van der Waals surface area contributed by atoms with Gasteiger partial charge in [-0.2, -0.15) is 0 Å². The van der Waals surface area contributed by atoms with Crippen LogP contribution in [-0.4, -0.2) is 11.9 Å². The number of carbonyl (C=O) groups is 1. The van der Waals surface area contributed by atoms with E-state index in [1.165, 1.54) is 6.92 Å². The second-order valence-electron chi connectivity index (χ2n) is 5.37. The van der Waals surface area contributed by atoms with Gasteiger partial charge in [-0.25, -0.2) is 0 Å². The highest BCUT2D eigenvalue weighted by molar-refractivity contribution is 5.73. The normalized spacial score (nSPS) is 14.4. The van der Waals surface area contributed by atoms with Crippen LogP contribution in [0, 0.1) is 23.2 Å². The summed E-state index contributed by atoms with van der Waals surface area (Å²) in [5, 5.41) is 2.93. The lowest BCUT2D eigenvalue weighted by Crippen LogP contribution is -2.51. The molecule has 0 aliphatic carbocycles. The van der Waals surface area contributed by atoms with E-state index >= 15 is 0 Å². The molecule has 0 radical (unpaired) electrons. The number of hydrogen-bond acceptors (Lipinski definition) is 1. The first-order valence-electron chi connectivity index (χ1n) is 4.86. The number of hydrogen-bond donors (Lipinski definition) is 1. The fourth-order valence-electron chi connectivity index (χ4n) is 1.77. The van der Waals surface area contributed by atoms with Crippen LogP contribution in [0.5, 0.6) is 0 Å². The molecular weight excluding hydrogens is 174 g/mol. The van der Waals surface area contributed by atoms with Gasteiger partial charge in [0.2, 0.25) is 5.91 Å². The van der Waals surface area contributed by atoms with Crippen LogP contribution in [0.15, 0.2) is 0 Å². The fraction of sp³-hybridized carbons (Fsp3) is 0.750. The standard InChI is InChI=1S/C12H21NO/c1-8-12(6,7)10(11(3,4)5)13-9(2)14/h1,10H,2-7H3,(H,13,14). The number of carbonyl (C=O) groups excluding carboxylic acids is 1. The SMILES string of the molecule is C#CC(C)(C)C(NC(C)=O)C(C)(C)C. The molecule has 0 aliphatic heterocycles. The minimum absolute atomic E-state index is 0.0162. The van der Waals surface area contributed by atoms with E-state index < -0.39 is 0 Å². The van der Waals surface area contributed by atoms with E-state index in [1.54, 1.807) is 0 Å². The van der Waals surface area contributed by atoms with Crippen LogP contribution in [-0.2, 0) is 4.79 Å². The van der Waals surface area contributed by atoms with Crippen molar-refractivity contribution in [1.29, 1.82) is 0 Å². The Labute approximate surface area is 87.5 Å². The first-order valence-corrected chi connectivity index (χ1v) is 4.86. The lowest BCUT2D eigenvalue weighted by atomic mass is 9.71. The van der Waals surface area contributed by atoms with E-state index in [9.17, 15) is 4.79 Å². The maximum atomic E-state index is 11.1. The van der Waals surface area contributed by atoms with E-state index in [0.717, 1.165) is 0 Å². The van der Waals surface area contributed by atoms with Crippen LogP contribution in [0.3, 0.4) is 0 Å². The third-order valence-electron chi connectivity index (χ3n) is 2.31. The molecule has 1 unspecified atom stereocenters. The van der Waals surface area contributed by atoms with Crippen molar-refractivity contribution in [2.75, 3.05) is 0 Å². The van der Waals surface area contributed by atoms with Crippen molar-refractivity contribution >= 4 is 5.91 Å². The van der Waals surface area contributed by atoms with E-state index in [0.29, 0.717) is 0 Å². The Bertz CT molecular complexity index is 252. The third-order valence-corrected chi connectivity index (χ3v) is 2.31. The number of amides is 1. The van der Waals surface area contributed by atoms with Crippen molar-refractivity contribution in [2.24, 2.45) is 10.8 Å². The maximum Gasteiger partial charge on any atom is 0.217 e. The van der Waals surface area contributed by atoms with Crippen LogP contribution >= 0.6 is 0 Å². The van der Waals surface area contributed by atoms with Gasteiger partial charge in [-0.3, -0.25) is 4.79 Å². The molecule has 0 bridgehead atoms. The average Bonchev–Trinajstić information content (AvgIpc) is 1.98. The Morgan fingerprint density at radius 2 is 1.71 bits per heavy atom. The molecule has 0 aromatic carbocycles. The van der Waals surface area contributed by atoms with E-state index in [4.69, 9.17) is 6.42 Å². The molecule has 0 rings (SSSR count). The minimum atomic E-state index is -0.329. The first-order chi connectivity index (χ1) is 6.11. The molecule has 0 aromatic heterocycles. The summed E-state index contributed by atoms with van der Waals surface area (Å²) in [5.74, 6) is 2.70. The molecule has 2 nitrogen and oxygen atoms in total. The molecule has 0 saturated carbocycles. The summed E-state index contributed by atoms with van der Waals surface area (Å²) in [6.45, 7) is 11.7. The highest BCUT2D eigenvalue weighted by atomic mass is 16.1. The Morgan fingerprint density at radius 3 is 1.93 bits per heavy atom. The molecule has 0 aliphatic rings. The molecule has 1 amide bonds. The second kappa shape index (κ2) is 4.04.